The second-order valence-electron chi connectivity index (χ2n) is 6.44. The van der Waals surface area contributed by atoms with E-state index in [1.54, 1.807) is 35.6 Å². The molecule has 0 spiro atoms. The van der Waals surface area contributed by atoms with E-state index in [1.165, 1.54) is 5.56 Å². The number of nitrogens with zero attached hydrogens (tertiary/aromatic N) is 2. The van der Waals surface area contributed by atoms with Gasteiger partial charge in [-0.1, -0.05) is 44.2 Å². The Kier molecular flexibility index (Phi) is 7.19. The standard InChI is InChI=1S/C20H26N2O2S/c1-15(2)12-17(24-4)14-19(23)22(3)18(20-21-10-11-25-20)13-16-8-6-5-7-9-16/h5-11,14-15,18H,12-13H2,1-4H3. The molecule has 0 bridgehead atoms. The number of carbonyl (C=O) groups excluding carboxylic acids is 1. The minimum atomic E-state index is -0.0942. The highest BCUT2D eigenvalue weighted by atomic mass is 32.1. The molecular weight excluding hydrogens is 332 g/mol. The molecule has 0 saturated heterocycles. The van der Waals surface area contributed by atoms with Crippen molar-refractivity contribution in [3.63, 3.8) is 0 Å². The highest BCUT2D eigenvalue weighted by molar-refractivity contribution is 7.09. The normalized spacial score (nSPS) is 12.9. The lowest BCUT2D eigenvalue weighted by Gasteiger charge is -2.26. The van der Waals surface area contributed by atoms with Gasteiger partial charge in [-0.15, -0.1) is 11.3 Å². The van der Waals surface area contributed by atoms with Crippen molar-refractivity contribution in [3.05, 3.63) is 64.3 Å². The zero-order valence-corrected chi connectivity index (χ0v) is 16.1. The van der Waals surface area contributed by atoms with Crippen LogP contribution in [0.2, 0.25) is 0 Å². The van der Waals surface area contributed by atoms with Crippen molar-refractivity contribution >= 4 is 17.2 Å². The van der Waals surface area contributed by atoms with Crippen molar-refractivity contribution in [2.24, 2.45) is 5.92 Å². The van der Waals surface area contributed by atoms with E-state index in [2.05, 4.69) is 31.0 Å². The van der Waals surface area contributed by atoms with Crippen LogP contribution >= 0.6 is 11.3 Å². The molecule has 0 aliphatic rings. The Morgan fingerprint density at radius 3 is 2.60 bits per heavy atom. The highest BCUT2D eigenvalue weighted by Crippen LogP contribution is 2.26. The average molecular weight is 359 g/mol. The molecule has 1 amide bonds. The number of aromatic nitrogens is 1. The van der Waals surface area contributed by atoms with Gasteiger partial charge >= 0.3 is 0 Å². The van der Waals surface area contributed by atoms with Crippen molar-refractivity contribution < 1.29 is 9.53 Å². The Bertz CT molecular complexity index is 681. The zero-order chi connectivity index (χ0) is 18.2. The first-order chi connectivity index (χ1) is 12.0. The van der Waals surface area contributed by atoms with Crippen LogP contribution in [-0.4, -0.2) is 29.9 Å². The van der Waals surface area contributed by atoms with Gasteiger partial charge in [-0.25, -0.2) is 4.98 Å². The van der Waals surface area contributed by atoms with Gasteiger partial charge in [-0.3, -0.25) is 4.79 Å². The summed E-state index contributed by atoms with van der Waals surface area (Å²) >= 11 is 1.57. The van der Waals surface area contributed by atoms with Crippen LogP contribution in [0, 0.1) is 5.92 Å². The van der Waals surface area contributed by atoms with Crippen LogP contribution in [0.3, 0.4) is 0 Å². The van der Waals surface area contributed by atoms with Gasteiger partial charge in [-0.05, 0) is 17.9 Å². The Balaban J connectivity index is 2.21. The molecule has 0 aliphatic carbocycles. The molecule has 1 aromatic carbocycles. The minimum absolute atomic E-state index is 0.0615. The molecule has 2 aromatic rings. The van der Waals surface area contributed by atoms with Crippen LogP contribution in [0.5, 0.6) is 0 Å². The molecule has 1 unspecified atom stereocenters. The van der Waals surface area contributed by atoms with Gasteiger partial charge in [-0.2, -0.15) is 0 Å². The van der Waals surface area contributed by atoms with Gasteiger partial charge in [0, 0.05) is 31.1 Å². The van der Waals surface area contributed by atoms with E-state index in [0.717, 1.165) is 17.8 Å². The first-order valence-corrected chi connectivity index (χ1v) is 9.34. The molecule has 0 saturated carbocycles. The summed E-state index contributed by atoms with van der Waals surface area (Å²) in [5.74, 6) is 1.08. The van der Waals surface area contributed by atoms with Crippen molar-refractivity contribution in [3.8, 4) is 0 Å². The Labute approximate surface area is 154 Å². The fraction of sp³-hybridized carbons (Fsp3) is 0.400. The Morgan fingerprint density at radius 2 is 2.04 bits per heavy atom. The van der Waals surface area contributed by atoms with Crippen molar-refractivity contribution in [1.82, 2.24) is 9.88 Å². The monoisotopic (exact) mass is 358 g/mol. The molecule has 1 atom stereocenters. The second-order valence-corrected chi connectivity index (χ2v) is 7.36. The summed E-state index contributed by atoms with van der Waals surface area (Å²) < 4.78 is 5.37. The number of benzene rings is 1. The van der Waals surface area contributed by atoms with Crippen molar-refractivity contribution in [2.45, 2.75) is 32.7 Å². The summed E-state index contributed by atoms with van der Waals surface area (Å²) in [7, 11) is 3.44. The summed E-state index contributed by atoms with van der Waals surface area (Å²) in [6.45, 7) is 4.21. The third-order valence-electron chi connectivity index (χ3n) is 3.98. The molecule has 1 heterocycles. The van der Waals surface area contributed by atoms with E-state index in [-0.39, 0.29) is 11.9 Å². The van der Waals surface area contributed by atoms with Crippen LogP contribution in [0.15, 0.2) is 53.7 Å². The summed E-state index contributed by atoms with van der Waals surface area (Å²) in [6, 6.07) is 10.1. The highest BCUT2D eigenvalue weighted by Gasteiger charge is 2.23. The van der Waals surface area contributed by atoms with E-state index in [1.807, 2.05) is 30.6 Å². The summed E-state index contributed by atoms with van der Waals surface area (Å²) in [6.07, 6.45) is 4.87. The number of allylic oxidation sites excluding steroid dienone is 1. The van der Waals surface area contributed by atoms with Crippen LogP contribution in [0.25, 0.3) is 0 Å². The fourth-order valence-electron chi connectivity index (χ4n) is 2.62. The number of rotatable bonds is 8. The van der Waals surface area contributed by atoms with E-state index >= 15 is 0 Å². The number of hydrogen-bond acceptors (Lipinski definition) is 4. The first kappa shape index (κ1) is 19.2. The molecule has 4 nitrogen and oxygen atoms in total. The first-order valence-electron chi connectivity index (χ1n) is 8.46. The number of ether oxygens (including phenoxy) is 1. The number of carbonyl (C=O) groups is 1. The van der Waals surface area contributed by atoms with Gasteiger partial charge in [0.25, 0.3) is 0 Å². The van der Waals surface area contributed by atoms with Gasteiger partial charge in [0.05, 0.1) is 13.2 Å². The van der Waals surface area contributed by atoms with Crippen LogP contribution in [-0.2, 0) is 16.0 Å². The van der Waals surface area contributed by atoms with Gasteiger partial charge < -0.3 is 9.64 Å². The molecule has 2 rings (SSSR count). The van der Waals surface area contributed by atoms with E-state index in [0.29, 0.717) is 11.7 Å². The predicted octanol–water partition coefficient (Wildman–Crippen LogP) is 4.46. The Hall–Kier alpha value is -2.14. The summed E-state index contributed by atoms with van der Waals surface area (Å²) in [4.78, 5) is 19.0. The van der Waals surface area contributed by atoms with E-state index in [9.17, 15) is 4.79 Å². The number of hydrogen-bond donors (Lipinski definition) is 0. The number of methoxy groups -OCH3 is 1. The fourth-order valence-corrected chi connectivity index (χ4v) is 3.40. The number of amides is 1. The van der Waals surface area contributed by atoms with Gasteiger partial charge in [0.15, 0.2) is 0 Å². The van der Waals surface area contributed by atoms with E-state index in [4.69, 9.17) is 4.74 Å². The SMILES string of the molecule is COC(=CC(=O)N(C)C(Cc1ccccc1)c1nccs1)CC(C)C. The lowest BCUT2D eigenvalue weighted by atomic mass is 10.0. The molecule has 0 fully saturated rings. The molecule has 0 radical (unpaired) electrons. The average Bonchev–Trinajstić information content (AvgIpc) is 3.13. The number of thiazole rings is 1. The van der Waals surface area contributed by atoms with Crippen molar-refractivity contribution in [2.75, 3.05) is 14.2 Å². The largest absolute Gasteiger partial charge is 0.501 e. The maximum absolute atomic E-state index is 12.8. The maximum atomic E-state index is 12.8. The van der Waals surface area contributed by atoms with Crippen LogP contribution < -0.4 is 0 Å². The molecule has 0 N–H and O–H groups in total. The zero-order valence-electron chi connectivity index (χ0n) is 15.3. The predicted molar refractivity (Wildman–Crippen MR) is 102 cm³/mol. The molecule has 134 valence electrons. The third kappa shape index (κ3) is 5.71. The van der Waals surface area contributed by atoms with Crippen molar-refractivity contribution in [1.29, 1.82) is 0 Å². The molecule has 1 aromatic heterocycles. The Morgan fingerprint density at radius 1 is 1.32 bits per heavy atom. The van der Waals surface area contributed by atoms with Crippen LogP contribution in [0.1, 0.15) is 36.9 Å². The lowest BCUT2D eigenvalue weighted by molar-refractivity contribution is -0.127. The summed E-state index contributed by atoms with van der Waals surface area (Å²) in [5, 5.41) is 2.89. The molecular formula is C20H26N2O2S. The lowest BCUT2D eigenvalue weighted by Crippen LogP contribution is -2.31. The number of likely N-dealkylation sites (N-methyl/N-ethyl adjacent to an activating group) is 1. The molecule has 5 heteroatoms. The van der Waals surface area contributed by atoms with E-state index < -0.39 is 0 Å². The van der Waals surface area contributed by atoms with Gasteiger partial charge in [0.1, 0.15) is 10.8 Å². The van der Waals surface area contributed by atoms with Crippen LogP contribution in [0.4, 0.5) is 0 Å². The maximum Gasteiger partial charge on any atom is 0.250 e. The quantitative estimate of drug-likeness (QED) is 0.517. The smallest absolute Gasteiger partial charge is 0.250 e. The molecule has 0 aliphatic heterocycles. The molecule has 25 heavy (non-hydrogen) atoms. The third-order valence-corrected chi connectivity index (χ3v) is 4.86. The summed E-state index contributed by atoms with van der Waals surface area (Å²) in [5.41, 5.74) is 1.18. The minimum Gasteiger partial charge on any atom is -0.501 e. The van der Waals surface area contributed by atoms with Gasteiger partial charge in [0.2, 0.25) is 5.91 Å². The second kappa shape index (κ2) is 9.37. The topological polar surface area (TPSA) is 42.4 Å².